The third-order valence-corrected chi connectivity index (χ3v) is 4.17. The lowest BCUT2D eigenvalue weighted by atomic mass is 10.2. The van der Waals surface area contributed by atoms with E-state index in [-0.39, 0.29) is 0 Å². The van der Waals surface area contributed by atoms with Crippen molar-refractivity contribution in [3.63, 3.8) is 0 Å². The van der Waals surface area contributed by atoms with Crippen molar-refractivity contribution in [1.82, 2.24) is 14.9 Å². The molecule has 0 saturated carbocycles. The molecule has 0 bridgehead atoms. The predicted molar refractivity (Wildman–Crippen MR) is 86.0 cm³/mol. The van der Waals surface area contributed by atoms with Crippen LogP contribution in [-0.2, 0) is 12.7 Å². The maximum atomic E-state index is 12.8. The van der Waals surface area contributed by atoms with Crippen LogP contribution in [-0.4, -0.2) is 41.0 Å². The molecule has 3 heterocycles. The number of piperazine rings is 1. The summed E-state index contributed by atoms with van der Waals surface area (Å²) in [6.45, 7) is 3.43. The Morgan fingerprint density at radius 2 is 1.79 bits per heavy atom. The van der Waals surface area contributed by atoms with Crippen molar-refractivity contribution in [2.45, 2.75) is 12.7 Å². The van der Waals surface area contributed by atoms with Gasteiger partial charge in [-0.05, 0) is 24.3 Å². The van der Waals surface area contributed by atoms with Gasteiger partial charge >= 0.3 is 6.18 Å². The maximum Gasteiger partial charge on any atom is 0.416 e. The van der Waals surface area contributed by atoms with Crippen molar-refractivity contribution in [3.8, 4) is 0 Å². The van der Waals surface area contributed by atoms with Crippen LogP contribution in [0.3, 0.4) is 0 Å². The fraction of sp³-hybridized carbons (Fsp3) is 0.375. The van der Waals surface area contributed by atoms with Gasteiger partial charge in [-0.25, -0.2) is 4.98 Å². The second-order valence-electron chi connectivity index (χ2n) is 5.63. The lowest BCUT2D eigenvalue weighted by Gasteiger charge is -2.35. The summed E-state index contributed by atoms with van der Waals surface area (Å²) in [6.07, 6.45) is -1.53. The third kappa shape index (κ3) is 4.15. The fourth-order valence-corrected chi connectivity index (χ4v) is 2.74. The van der Waals surface area contributed by atoms with Crippen LogP contribution in [0.5, 0.6) is 0 Å². The smallest absolute Gasteiger partial charge is 0.354 e. The second-order valence-corrected chi connectivity index (χ2v) is 6.07. The number of nitrogens with zero attached hydrogens (tertiary/aromatic N) is 4. The summed E-state index contributed by atoms with van der Waals surface area (Å²) >= 11 is 5.82. The number of hydrogen-bond donors (Lipinski definition) is 0. The van der Waals surface area contributed by atoms with Gasteiger partial charge in [-0.2, -0.15) is 13.2 Å². The topological polar surface area (TPSA) is 32.3 Å². The Morgan fingerprint density at radius 1 is 1.04 bits per heavy atom. The van der Waals surface area contributed by atoms with Crippen molar-refractivity contribution in [3.05, 3.63) is 52.9 Å². The molecule has 0 aliphatic carbocycles. The van der Waals surface area contributed by atoms with Gasteiger partial charge in [0.2, 0.25) is 0 Å². The molecule has 0 unspecified atom stereocenters. The molecule has 0 amide bonds. The van der Waals surface area contributed by atoms with Crippen molar-refractivity contribution >= 4 is 17.4 Å². The second kappa shape index (κ2) is 6.94. The zero-order chi connectivity index (χ0) is 17.2. The Bertz CT molecular complexity index is 682. The maximum absolute atomic E-state index is 12.8. The summed E-state index contributed by atoms with van der Waals surface area (Å²) in [5, 5.41) is 0.596. The average molecular weight is 357 g/mol. The molecular weight excluding hydrogens is 341 g/mol. The first kappa shape index (κ1) is 17.0. The Balaban J connectivity index is 1.60. The first-order valence-electron chi connectivity index (χ1n) is 7.53. The monoisotopic (exact) mass is 356 g/mol. The number of halogens is 4. The van der Waals surface area contributed by atoms with Gasteiger partial charge in [0.05, 0.1) is 16.3 Å². The van der Waals surface area contributed by atoms with E-state index < -0.39 is 11.7 Å². The van der Waals surface area contributed by atoms with E-state index in [9.17, 15) is 13.2 Å². The fourth-order valence-electron chi connectivity index (χ4n) is 2.63. The molecule has 0 N–H and O–H groups in total. The molecule has 0 spiro atoms. The van der Waals surface area contributed by atoms with Crippen LogP contribution in [0, 0.1) is 0 Å². The van der Waals surface area contributed by atoms with Crippen LogP contribution in [0.4, 0.5) is 19.0 Å². The minimum absolute atomic E-state index is 0.370. The van der Waals surface area contributed by atoms with Gasteiger partial charge < -0.3 is 4.90 Å². The van der Waals surface area contributed by atoms with E-state index in [1.807, 2.05) is 11.0 Å². The molecule has 1 aliphatic heterocycles. The molecule has 0 radical (unpaired) electrons. The van der Waals surface area contributed by atoms with Crippen LogP contribution in [0.1, 0.15) is 11.3 Å². The number of alkyl halides is 3. The van der Waals surface area contributed by atoms with E-state index in [1.165, 1.54) is 6.20 Å². The first-order chi connectivity index (χ1) is 11.4. The van der Waals surface area contributed by atoms with Crippen LogP contribution in [0.15, 0.2) is 36.7 Å². The summed E-state index contributed by atoms with van der Waals surface area (Å²) in [7, 11) is 0. The van der Waals surface area contributed by atoms with E-state index in [0.29, 0.717) is 30.5 Å². The molecule has 1 saturated heterocycles. The van der Waals surface area contributed by atoms with Crippen LogP contribution in [0.25, 0.3) is 0 Å². The highest BCUT2D eigenvalue weighted by atomic mass is 35.5. The first-order valence-corrected chi connectivity index (χ1v) is 7.90. The average Bonchev–Trinajstić information content (AvgIpc) is 2.57. The zero-order valence-corrected chi connectivity index (χ0v) is 13.6. The van der Waals surface area contributed by atoms with Crippen molar-refractivity contribution < 1.29 is 13.2 Å². The molecule has 2 aromatic rings. The summed E-state index contributed by atoms with van der Waals surface area (Å²) in [6, 6.07) is 5.78. The van der Waals surface area contributed by atoms with E-state index in [2.05, 4.69) is 14.9 Å². The standard InChI is InChI=1S/C16H16ClF3N4/c17-13-1-2-14(22-10-13)11-23-5-7-24(8-6-23)15-9-12(3-4-21-15)16(18,19)20/h1-4,9-10H,5-8,11H2. The van der Waals surface area contributed by atoms with Crippen molar-refractivity contribution in [1.29, 1.82) is 0 Å². The summed E-state index contributed by atoms with van der Waals surface area (Å²) in [5.74, 6) is 0.370. The SMILES string of the molecule is FC(F)(F)c1ccnc(N2CCN(Cc3ccc(Cl)cn3)CC2)c1. The Morgan fingerprint density at radius 3 is 2.42 bits per heavy atom. The van der Waals surface area contributed by atoms with E-state index in [0.717, 1.165) is 30.9 Å². The molecule has 1 aliphatic rings. The van der Waals surface area contributed by atoms with Crippen molar-refractivity contribution in [2.24, 2.45) is 0 Å². The summed E-state index contributed by atoms with van der Waals surface area (Å²) < 4.78 is 38.4. The summed E-state index contributed by atoms with van der Waals surface area (Å²) in [5.41, 5.74) is 0.255. The molecule has 0 aromatic carbocycles. The van der Waals surface area contributed by atoms with E-state index in [1.54, 1.807) is 12.3 Å². The highest BCUT2D eigenvalue weighted by Gasteiger charge is 2.31. The Labute approximate surface area is 142 Å². The third-order valence-electron chi connectivity index (χ3n) is 3.94. The lowest BCUT2D eigenvalue weighted by Crippen LogP contribution is -2.46. The van der Waals surface area contributed by atoms with Gasteiger partial charge in [-0.1, -0.05) is 11.6 Å². The number of anilines is 1. The van der Waals surface area contributed by atoms with E-state index in [4.69, 9.17) is 11.6 Å². The molecule has 2 aromatic heterocycles. The molecule has 3 rings (SSSR count). The molecule has 24 heavy (non-hydrogen) atoms. The van der Waals surface area contributed by atoms with Gasteiger partial charge in [0.25, 0.3) is 0 Å². The van der Waals surface area contributed by atoms with Gasteiger partial charge in [0.15, 0.2) is 0 Å². The minimum atomic E-state index is -4.35. The molecular formula is C16H16ClF3N4. The number of aromatic nitrogens is 2. The normalized spacial score (nSPS) is 16.4. The van der Waals surface area contributed by atoms with Gasteiger partial charge in [-0.3, -0.25) is 9.88 Å². The quantitative estimate of drug-likeness (QED) is 0.843. The van der Waals surface area contributed by atoms with Crippen molar-refractivity contribution in [2.75, 3.05) is 31.1 Å². The molecule has 1 fully saturated rings. The van der Waals surface area contributed by atoms with E-state index >= 15 is 0 Å². The van der Waals surface area contributed by atoms with Gasteiger partial charge in [0, 0.05) is 45.1 Å². The van der Waals surface area contributed by atoms with Gasteiger partial charge in [0.1, 0.15) is 5.82 Å². The zero-order valence-electron chi connectivity index (χ0n) is 12.8. The number of pyridine rings is 2. The number of rotatable bonds is 3. The molecule has 4 nitrogen and oxygen atoms in total. The Kier molecular flexibility index (Phi) is 4.91. The summed E-state index contributed by atoms with van der Waals surface area (Å²) in [4.78, 5) is 12.4. The van der Waals surface area contributed by atoms with Crippen LogP contribution >= 0.6 is 11.6 Å². The lowest BCUT2D eigenvalue weighted by molar-refractivity contribution is -0.137. The van der Waals surface area contributed by atoms with Crippen LogP contribution < -0.4 is 4.90 Å². The molecule has 8 heteroatoms. The Hall–Kier alpha value is -1.86. The highest BCUT2D eigenvalue weighted by Crippen LogP contribution is 2.30. The van der Waals surface area contributed by atoms with Gasteiger partial charge in [-0.15, -0.1) is 0 Å². The predicted octanol–water partition coefficient (Wildman–Crippen LogP) is 3.47. The minimum Gasteiger partial charge on any atom is -0.354 e. The molecule has 0 atom stereocenters. The number of hydrogen-bond acceptors (Lipinski definition) is 4. The largest absolute Gasteiger partial charge is 0.416 e. The molecule has 128 valence electrons. The van der Waals surface area contributed by atoms with Crippen LogP contribution in [0.2, 0.25) is 5.02 Å². The highest BCUT2D eigenvalue weighted by molar-refractivity contribution is 6.30.